The van der Waals surface area contributed by atoms with Crippen LogP contribution in [0.3, 0.4) is 0 Å². The molecular weight excluding hydrogens is 421 g/mol. The maximum atomic E-state index is 12.9. The van der Waals surface area contributed by atoms with E-state index in [1.807, 2.05) is 13.0 Å². The fourth-order valence-electron chi connectivity index (χ4n) is 3.09. The van der Waals surface area contributed by atoms with Gasteiger partial charge in [-0.1, -0.05) is 12.1 Å². The minimum absolute atomic E-state index is 0.157. The molecule has 0 radical (unpaired) electrons. The lowest BCUT2D eigenvalue weighted by atomic mass is 10.2. The van der Waals surface area contributed by atoms with Gasteiger partial charge in [0.2, 0.25) is 0 Å². The highest BCUT2D eigenvalue weighted by Crippen LogP contribution is 2.30. The molecular formula is C18H15F3N6O2S. The monoisotopic (exact) mass is 436 g/mol. The summed E-state index contributed by atoms with van der Waals surface area (Å²) < 4.78 is 69.4. The lowest BCUT2D eigenvalue weighted by molar-refractivity contribution is -0.137. The molecule has 1 N–H and O–H groups in total. The minimum atomic E-state index is -4.55. The molecule has 156 valence electrons. The van der Waals surface area contributed by atoms with Gasteiger partial charge in [-0.25, -0.2) is 18.1 Å². The van der Waals surface area contributed by atoms with E-state index in [4.69, 9.17) is 0 Å². The first kappa shape index (κ1) is 19.9. The van der Waals surface area contributed by atoms with Gasteiger partial charge in [0.15, 0.2) is 5.82 Å². The smallest absolute Gasteiger partial charge is 0.277 e. The summed E-state index contributed by atoms with van der Waals surface area (Å²) in [5.41, 5.74) is 0.756. The Labute approximate surface area is 169 Å². The van der Waals surface area contributed by atoms with Crippen LogP contribution >= 0.6 is 0 Å². The van der Waals surface area contributed by atoms with Crippen LogP contribution in [0.25, 0.3) is 16.7 Å². The number of sulfonamides is 1. The summed E-state index contributed by atoms with van der Waals surface area (Å²) in [6, 6.07) is 6.73. The fraction of sp³-hybridized carbons (Fsp3) is 0.167. The molecule has 0 amide bonds. The first-order valence-corrected chi connectivity index (χ1v) is 10.1. The van der Waals surface area contributed by atoms with Gasteiger partial charge in [-0.15, -0.1) is 0 Å². The van der Waals surface area contributed by atoms with Crippen molar-refractivity contribution in [2.75, 3.05) is 4.72 Å². The molecule has 0 aliphatic rings. The third kappa shape index (κ3) is 3.49. The summed E-state index contributed by atoms with van der Waals surface area (Å²) in [4.78, 5) is 3.61. The van der Waals surface area contributed by atoms with Crippen LogP contribution in [0.15, 0.2) is 53.8 Å². The van der Waals surface area contributed by atoms with E-state index in [0.29, 0.717) is 11.2 Å². The first-order chi connectivity index (χ1) is 14.1. The highest BCUT2D eigenvalue weighted by molar-refractivity contribution is 7.92. The van der Waals surface area contributed by atoms with Crippen LogP contribution in [-0.2, 0) is 23.2 Å². The van der Waals surface area contributed by atoms with Crippen molar-refractivity contribution in [3.63, 3.8) is 0 Å². The number of halogens is 3. The molecule has 12 heteroatoms. The van der Waals surface area contributed by atoms with E-state index in [9.17, 15) is 21.6 Å². The fourth-order valence-corrected chi connectivity index (χ4v) is 4.09. The van der Waals surface area contributed by atoms with Gasteiger partial charge in [0, 0.05) is 18.6 Å². The number of fused-ring (bicyclic) bond motifs is 1. The zero-order valence-electron chi connectivity index (χ0n) is 15.7. The van der Waals surface area contributed by atoms with Gasteiger partial charge in [-0.3, -0.25) is 9.40 Å². The van der Waals surface area contributed by atoms with Crippen molar-refractivity contribution in [2.45, 2.75) is 18.0 Å². The Morgan fingerprint density at radius 3 is 2.67 bits per heavy atom. The van der Waals surface area contributed by atoms with Gasteiger partial charge in [-0.05, 0) is 25.1 Å². The van der Waals surface area contributed by atoms with Crippen molar-refractivity contribution in [2.24, 2.45) is 7.05 Å². The van der Waals surface area contributed by atoms with Crippen LogP contribution in [0.5, 0.6) is 0 Å². The number of aromatic nitrogens is 5. The SMILES string of the molecule is Cc1nn(C)c2c(NS(=O)(=O)c3cnn(-c4cc(C(F)(F)F)ccn4)c3)cccc12. The first-order valence-electron chi connectivity index (χ1n) is 8.60. The van der Waals surface area contributed by atoms with Crippen LogP contribution < -0.4 is 4.72 Å². The molecule has 0 spiro atoms. The number of pyridine rings is 1. The van der Waals surface area contributed by atoms with Gasteiger partial charge in [-0.2, -0.15) is 23.4 Å². The van der Waals surface area contributed by atoms with Gasteiger partial charge >= 0.3 is 6.18 Å². The Morgan fingerprint density at radius 1 is 1.17 bits per heavy atom. The molecule has 0 aliphatic heterocycles. The highest BCUT2D eigenvalue weighted by atomic mass is 32.2. The Hall–Kier alpha value is -3.41. The van der Waals surface area contributed by atoms with Crippen molar-refractivity contribution in [3.8, 4) is 5.82 Å². The predicted molar refractivity (Wildman–Crippen MR) is 103 cm³/mol. The number of nitrogens with zero attached hydrogens (tertiary/aromatic N) is 5. The second kappa shape index (κ2) is 6.83. The lowest BCUT2D eigenvalue weighted by Crippen LogP contribution is -2.13. The maximum Gasteiger partial charge on any atom is 0.416 e. The predicted octanol–water partition coefficient (Wildman–Crippen LogP) is 3.28. The molecule has 0 saturated carbocycles. The molecule has 0 atom stereocenters. The molecule has 0 saturated heterocycles. The van der Waals surface area contributed by atoms with E-state index in [1.54, 1.807) is 23.9 Å². The van der Waals surface area contributed by atoms with E-state index in [1.165, 1.54) is 0 Å². The van der Waals surface area contributed by atoms with Crippen molar-refractivity contribution in [1.82, 2.24) is 24.5 Å². The number of anilines is 1. The number of rotatable bonds is 4. The quantitative estimate of drug-likeness (QED) is 0.530. The summed E-state index contributed by atoms with van der Waals surface area (Å²) in [7, 11) is -2.36. The number of alkyl halides is 3. The van der Waals surface area contributed by atoms with Crippen LogP contribution in [0, 0.1) is 6.92 Å². The van der Waals surface area contributed by atoms with Crippen LogP contribution in [0.2, 0.25) is 0 Å². The van der Waals surface area contributed by atoms with E-state index < -0.39 is 21.8 Å². The van der Waals surface area contributed by atoms with E-state index in [2.05, 4.69) is 19.9 Å². The molecule has 30 heavy (non-hydrogen) atoms. The van der Waals surface area contributed by atoms with Gasteiger partial charge < -0.3 is 0 Å². The summed E-state index contributed by atoms with van der Waals surface area (Å²) in [6.07, 6.45) is -1.43. The summed E-state index contributed by atoms with van der Waals surface area (Å²) in [5.74, 6) is -0.157. The standard InChI is InChI=1S/C18H15F3N6O2S/c1-11-14-4-3-5-15(17(14)26(2)24-11)25-30(28,29)13-9-23-27(10-13)16-8-12(6-7-22-16)18(19,20)21/h3-10,25H,1-2H3. The average Bonchev–Trinajstić information content (AvgIpc) is 3.28. The number of para-hydroxylation sites is 1. The summed E-state index contributed by atoms with van der Waals surface area (Å²) in [5, 5.41) is 8.94. The molecule has 0 fully saturated rings. The van der Waals surface area contributed by atoms with Crippen LogP contribution in [-0.4, -0.2) is 33.0 Å². The third-order valence-corrected chi connectivity index (χ3v) is 5.79. The molecule has 4 aromatic rings. The molecule has 0 aliphatic carbocycles. The normalized spacial score (nSPS) is 12.4. The molecule has 8 nitrogen and oxygen atoms in total. The number of aryl methyl sites for hydroxylation is 2. The Bertz CT molecular complexity index is 1360. The highest BCUT2D eigenvalue weighted by Gasteiger charge is 2.31. The maximum absolute atomic E-state index is 12.9. The topological polar surface area (TPSA) is 94.7 Å². The van der Waals surface area contributed by atoms with E-state index >= 15 is 0 Å². The van der Waals surface area contributed by atoms with Crippen molar-refractivity contribution < 1.29 is 21.6 Å². The Balaban J connectivity index is 1.69. The summed E-state index contributed by atoms with van der Waals surface area (Å²) in [6.45, 7) is 1.81. The molecule has 0 unspecified atom stereocenters. The molecule has 3 aromatic heterocycles. The zero-order chi connectivity index (χ0) is 21.7. The molecule has 4 rings (SSSR count). The van der Waals surface area contributed by atoms with Crippen LogP contribution in [0.1, 0.15) is 11.3 Å². The number of hydrogen-bond donors (Lipinski definition) is 1. The number of hydrogen-bond acceptors (Lipinski definition) is 5. The Morgan fingerprint density at radius 2 is 1.93 bits per heavy atom. The summed E-state index contributed by atoms with van der Waals surface area (Å²) >= 11 is 0. The van der Waals surface area contributed by atoms with Crippen LogP contribution in [0.4, 0.5) is 18.9 Å². The Kier molecular flexibility index (Phi) is 4.53. The second-order valence-electron chi connectivity index (χ2n) is 6.54. The largest absolute Gasteiger partial charge is 0.416 e. The number of benzene rings is 1. The lowest BCUT2D eigenvalue weighted by Gasteiger charge is -2.09. The van der Waals surface area contributed by atoms with E-state index in [-0.39, 0.29) is 10.7 Å². The molecule has 0 bridgehead atoms. The molecule has 1 aromatic carbocycles. The van der Waals surface area contributed by atoms with Crippen molar-refractivity contribution in [3.05, 3.63) is 60.2 Å². The van der Waals surface area contributed by atoms with Crippen molar-refractivity contribution >= 4 is 26.6 Å². The van der Waals surface area contributed by atoms with E-state index in [0.717, 1.165) is 46.5 Å². The minimum Gasteiger partial charge on any atom is -0.277 e. The van der Waals surface area contributed by atoms with Gasteiger partial charge in [0.25, 0.3) is 10.0 Å². The number of nitrogens with one attached hydrogen (secondary N) is 1. The second-order valence-corrected chi connectivity index (χ2v) is 8.22. The average molecular weight is 436 g/mol. The van der Waals surface area contributed by atoms with Gasteiger partial charge in [0.05, 0.1) is 34.9 Å². The third-order valence-electron chi connectivity index (χ3n) is 4.47. The molecule has 3 heterocycles. The van der Waals surface area contributed by atoms with Gasteiger partial charge in [0.1, 0.15) is 4.90 Å². The van der Waals surface area contributed by atoms with Crippen molar-refractivity contribution in [1.29, 1.82) is 0 Å². The zero-order valence-corrected chi connectivity index (χ0v) is 16.5.